The standard InChI is InChI=1S/C42H32N2O7/c45-39(35-21-11-29(25-37(35)41(47)48)23-27-7-3-1-4-8-27)43-31-13-17-33(18-14-31)51-34-19-15-32(16-20-34)44-40(46)36-22-12-30(26-38(36)42(49)50)24-28-9-5-2-6-10-28/h1-22,25-26H,23-24H2,(H,43,45)(H,44,46)(H,47,48)(H,49,50). The van der Waals surface area contributed by atoms with Gasteiger partial charge in [-0.2, -0.15) is 0 Å². The van der Waals surface area contributed by atoms with Crippen LogP contribution in [-0.4, -0.2) is 34.0 Å². The summed E-state index contributed by atoms with van der Waals surface area (Å²) < 4.78 is 5.91. The number of anilines is 2. The van der Waals surface area contributed by atoms with Crippen LogP contribution in [0, 0.1) is 0 Å². The van der Waals surface area contributed by atoms with Gasteiger partial charge in [-0.1, -0.05) is 72.8 Å². The molecule has 0 unspecified atom stereocenters. The second kappa shape index (κ2) is 15.5. The molecule has 2 amide bonds. The summed E-state index contributed by atoms with van der Waals surface area (Å²) in [5.74, 6) is -2.54. The molecule has 4 N–H and O–H groups in total. The first-order chi connectivity index (χ1) is 24.7. The number of ether oxygens (including phenoxy) is 1. The quantitative estimate of drug-likeness (QED) is 0.102. The summed E-state index contributed by atoms with van der Waals surface area (Å²) in [5, 5.41) is 25.1. The van der Waals surface area contributed by atoms with Gasteiger partial charge in [-0.05, 0) is 108 Å². The van der Waals surface area contributed by atoms with Crippen molar-refractivity contribution in [2.45, 2.75) is 12.8 Å². The molecule has 0 fully saturated rings. The number of carbonyl (C=O) groups is 4. The fraction of sp³-hybridized carbons (Fsp3) is 0.0476. The summed E-state index contributed by atoms with van der Waals surface area (Å²) in [6, 6.07) is 42.1. The number of hydrogen-bond donors (Lipinski definition) is 4. The van der Waals surface area contributed by atoms with E-state index in [-0.39, 0.29) is 22.3 Å². The molecule has 0 saturated heterocycles. The third kappa shape index (κ3) is 8.73. The fourth-order valence-electron chi connectivity index (χ4n) is 5.56. The maximum Gasteiger partial charge on any atom is 0.336 e. The smallest absolute Gasteiger partial charge is 0.336 e. The van der Waals surface area contributed by atoms with E-state index in [1.807, 2.05) is 60.7 Å². The molecule has 9 heteroatoms. The summed E-state index contributed by atoms with van der Waals surface area (Å²) in [5.41, 5.74) is 4.45. The fourth-order valence-corrected chi connectivity index (χ4v) is 5.56. The molecule has 0 aliphatic carbocycles. The van der Waals surface area contributed by atoms with Crippen molar-refractivity contribution < 1.29 is 34.1 Å². The number of carbonyl (C=O) groups excluding carboxylic acids is 2. The van der Waals surface area contributed by atoms with E-state index in [0.717, 1.165) is 22.3 Å². The molecule has 0 heterocycles. The predicted octanol–water partition coefficient (Wildman–Crippen LogP) is 8.56. The average molecular weight is 677 g/mol. The Hall–Kier alpha value is -7.00. The molecule has 0 atom stereocenters. The topological polar surface area (TPSA) is 142 Å². The SMILES string of the molecule is O=C(O)c1cc(Cc2ccccc2)ccc1C(=O)Nc1ccc(Oc2ccc(NC(=O)c3ccc(Cc4ccccc4)cc3C(=O)O)cc2)cc1. The summed E-state index contributed by atoms with van der Waals surface area (Å²) in [6.07, 6.45) is 1.08. The van der Waals surface area contributed by atoms with E-state index in [9.17, 15) is 29.4 Å². The molecule has 6 rings (SSSR count). The highest BCUT2D eigenvalue weighted by molar-refractivity contribution is 6.11. The van der Waals surface area contributed by atoms with Crippen LogP contribution in [0.25, 0.3) is 0 Å². The number of benzene rings is 6. The van der Waals surface area contributed by atoms with Gasteiger partial charge in [0.15, 0.2) is 0 Å². The zero-order valence-corrected chi connectivity index (χ0v) is 27.2. The van der Waals surface area contributed by atoms with Gasteiger partial charge in [0.1, 0.15) is 11.5 Å². The van der Waals surface area contributed by atoms with Gasteiger partial charge in [-0.25, -0.2) is 9.59 Å². The summed E-state index contributed by atoms with van der Waals surface area (Å²) in [4.78, 5) is 50.1. The molecule has 0 spiro atoms. The van der Waals surface area contributed by atoms with Gasteiger partial charge in [-0.3, -0.25) is 9.59 Å². The molecular formula is C42H32N2O7. The van der Waals surface area contributed by atoms with Gasteiger partial charge in [0.25, 0.3) is 11.8 Å². The minimum absolute atomic E-state index is 0.0473. The third-order valence-corrected chi connectivity index (χ3v) is 8.08. The van der Waals surface area contributed by atoms with Crippen molar-refractivity contribution in [1.29, 1.82) is 0 Å². The van der Waals surface area contributed by atoms with E-state index in [2.05, 4.69) is 10.6 Å². The van der Waals surface area contributed by atoms with Crippen LogP contribution >= 0.6 is 0 Å². The molecule has 6 aromatic carbocycles. The zero-order valence-electron chi connectivity index (χ0n) is 27.2. The van der Waals surface area contributed by atoms with Crippen LogP contribution in [0.15, 0.2) is 146 Å². The molecule has 0 aliphatic rings. The van der Waals surface area contributed by atoms with Crippen LogP contribution in [0.2, 0.25) is 0 Å². The minimum atomic E-state index is -1.19. The molecule has 51 heavy (non-hydrogen) atoms. The van der Waals surface area contributed by atoms with Gasteiger partial charge in [0, 0.05) is 11.4 Å². The normalized spacial score (nSPS) is 10.6. The van der Waals surface area contributed by atoms with Gasteiger partial charge < -0.3 is 25.6 Å². The molecular weight excluding hydrogens is 644 g/mol. The van der Waals surface area contributed by atoms with Crippen molar-refractivity contribution in [2.24, 2.45) is 0 Å². The minimum Gasteiger partial charge on any atom is -0.478 e. The molecule has 0 aliphatic heterocycles. The van der Waals surface area contributed by atoms with Crippen molar-refractivity contribution >= 4 is 35.1 Å². The Bertz CT molecular complexity index is 2040. The van der Waals surface area contributed by atoms with E-state index in [4.69, 9.17) is 4.74 Å². The first-order valence-corrected chi connectivity index (χ1v) is 16.0. The number of aromatic carboxylic acids is 2. The molecule has 0 saturated carbocycles. The molecule has 0 aromatic heterocycles. The molecule has 252 valence electrons. The summed E-state index contributed by atoms with van der Waals surface area (Å²) in [7, 11) is 0. The Balaban J connectivity index is 1.06. The second-order valence-corrected chi connectivity index (χ2v) is 11.8. The van der Waals surface area contributed by atoms with Gasteiger partial charge >= 0.3 is 11.9 Å². The highest BCUT2D eigenvalue weighted by Crippen LogP contribution is 2.26. The summed E-state index contributed by atoms with van der Waals surface area (Å²) in [6.45, 7) is 0. The Morgan fingerprint density at radius 1 is 0.431 bits per heavy atom. The number of nitrogens with one attached hydrogen (secondary N) is 2. The summed E-state index contributed by atoms with van der Waals surface area (Å²) >= 11 is 0. The Morgan fingerprint density at radius 2 is 0.804 bits per heavy atom. The van der Waals surface area contributed by atoms with Gasteiger partial charge in [-0.15, -0.1) is 0 Å². The zero-order chi connectivity index (χ0) is 35.7. The van der Waals surface area contributed by atoms with Crippen LogP contribution in [-0.2, 0) is 12.8 Å². The predicted molar refractivity (Wildman–Crippen MR) is 194 cm³/mol. The Labute approximate surface area is 293 Å². The first-order valence-electron chi connectivity index (χ1n) is 16.0. The third-order valence-electron chi connectivity index (χ3n) is 8.08. The lowest BCUT2D eigenvalue weighted by molar-refractivity contribution is 0.0683. The van der Waals surface area contributed by atoms with E-state index < -0.39 is 23.8 Å². The van der Waals surface area contributed by atoms with E-state index in [1.165, 1.54) is 24.3 Å². The van der Waals surface area contributed by atoms with Crippen LogP contribution in [0.1, 0.15) is 63.7 Å². The van der Waals surface area contributed by atoms with Crippen molar-refractivity contribution in [3.8, 4) is 11.5 Å². The Morgan fingerprint density at radius 3 is 1.16 bits per heavy atom. The van der Waals surface area contributed by atoms with E-state index in [0.29, 0.717) is 35.7 Å². The molecule has 9 nitrogen and oxygen atoms in total. The number of hydrogen-bond acceptors (Lipinski definition) is 5. The van der Waals surface area contributed by atoms with Crippen molar-refractivity contribution in [1.82, 2.24) is 0 Å². The van der Waals surface area contributed by atoms with Crippen LogP contribution in [0.5, 0.6) is 11.5 Å². The molecule has 0 radical (unpaired) electrons. The monoisotopic (exact) mass is 676 g/mol. The lowest BCUT2D eigenvalue weighted by atomic mass is 9.98. The number of rotatable bonds is 12. The van der Waals surface area contributed by atoms with Crippen molar-refractivity contribution in [3.63, 3.8) is 0 Å². The highest BCUT2D eigenvalue weighted by Gasteiger charge is 2.19. The maximum absolute atomic E-state index is 13.1. The Kier molecular flexibility index (Phi) is 10.3. The van der Waals surface area contributed by atoms with Crippen LogP contribution in [0.3, 0.4) is 0 Å². The highest BCUT2D eigenvalue weighted by atomic mass is 16.5. The van der Waals surface area contributed by atoms with E-state index >= 15 is 0 Å². The molecule has 0 bridgehead atoms. The largest absolute Gasteiger partial charge is 0.478 e. The maximum atomic E-state index is 13.1. The van der Waals surface area contributed by atoms with Crippen molar-refractivity contribution in [2.75, 3.05) is 10.6 Å². The van der Waals surface area contributed by atoms with Gasteiger partial charge in [0.2, 0.25) is 0 Å². The number of carboxylic acid groups (broad SMARTS) is 2. The number of amides is 2. The first kappa shape index (κ1) is 33.9. The van der Waals surface area contributed by atoms with Gasteiger partial charge in [0.05, 0.1) is 22.3 Å². The van der Waals surface area contributed by atoms with Crippen molar-refractivity contribution in [3.05, 3.63) is 190 Å². The average Bonchev–Trinajstić information content (AvgIpc) is 3.14. The van der Waals surface area contributed by atoms with Crippen LogP contribution in [0.4, 0.5) is 11.4 Å². The lowest BCUT2D eigenvalue weighted by Gasteiger charge is -2.12. The number of carboxylic acids is 2. The van der Waals surface area contributed by atoms with Crippen LogP contribution < -0.4 is 15.4 Å². The second-order valence-electron chi connectivity index (χ2n) is 11.8. The lowest BCUT2D eigenvalue weighted by Crippen LogP contribution is -2.17. The van der Waals surface area contributed by atoms with E-state index in [1.54, 1.807) is 60.7 Å². The molecule has 6 aromatic rings.